The Kier molecular flexibility index (Phi) is 5.41. The molecule has 0 saturated carbocycles. The number of alkyl carbamates (subject to hydrolysis) is 1. The number of ether oxygens (including phenoxy) is 1. The number of nitrogens with one attached hydrogen (secondary N) is 1. The molecule has 5 nitrogen and oxygen atoms in total. The Morgan fingerprint density at radius 3 is 2.67 bits per heavy atom. The summed E-state index contributed by atoms with van der Waals surface area (Å²) in [6.07, 6.45) is 0.621. The van der Waals surface area contributed by atoms with E-state index in [-0.39, 0.29) is 18.6 Å². The second-order valence-corrected chi connectivity index (χ2v) is 6.14. The number of amides is 1. The number of rotatable bonds is 3. The average Bonchev–Trinajstić information content (AvgIpc) is 2.24. The van der Waals surface area contributed by atoms with E-state index in [1.54, 1.807) is 0 Å². The van der Waals surface area contributed by atoms with Crippen LogP contribution in [0.25, 0.3) is 0 Å². The lowest BCUT2D eigenvalue weighted by atomic mass is 9.86. The highest BCUT2D eigenvalue weighted by Gasteiger charge is 2.27. The van der Waals surface area contributed by atoms with Gasteiger partial charge in [-0.2, -0.15) is 0 Å². The van der Waals surface area contributed by atoms with Gasteiger partial charge in [0.05, 0.1) is 0 Å². The smallest absolute Gasteiger partial charge is 0.407 e. The summed E-state index contributed by atoms with van der Waals surface area (Å²) >= 11 is 0. The molecule has 0 radical (unpaired) electrons. The molecule has 1 heterocycles. The number of carbonyl (C=O) groups excluding carboxylic acids is 1. The zero-order valence-electron chi connectivity index (χ0n) is 11.9. The Hall–Kier alpha value is -0.810. The predicted molar refractivity (Wildman–Crippen MR) is 70.4 cm³/mol. The van der Waals surface area contributed by atoms with Crippen LogP contribution in [0.15, 0.2) is 0 Å². The first-order valence-corrected chi connectivity index (χ1v) is 6.58. The van der Waals surface area contributed by atoms with Crippen LogP contribution in [0.3, 0.4) is 0 Å². The van der Waals surface area contributed by atoms with Crippen molar-refractivity contribution >= 4 is 6.09 Å². The second kappa shape index (κ2) is 6.38. The van der Waals surface area contributed by atoms with Gasteiger partial charge in [0, 0.05) is 19.7 Å². The molecule has 1 fully saturated rings. The summed E-state index contributed by atoms with van der Waals surface area (Å²) in [4.78, 5) is 13.8. The summed E-state index contributed by atoms with van der Waals surface area (Å²) in [6, 6.07) is 0. The van der Waals surface area contributed by atoms with Gasteiger partial charge >= 0.3 is 6.09 Å². The number of hydrogen-bond acceptors (Lipinski definition) is 4. The molecule has 0 aromatic carbocycles. The van der Waals surface area contributed by atoms with Gasteiger partial charge in [-0.15, -0.1) is 0 Å². The standard InChI is InChI=1S/C13H26N2O3/c1-13(2,3)18-12(17)14-7-10-5-6-15(4)8-11(10)9-16/h10-11,16H,5-9H2,1-4H3,(H,14,17)/t10-,11-/m0/s1. The SMILES string of the molecule is CN1CC[C@@H](CNC(=O)OC(C)(C)C)[C@H](CO)C1. The lowest BCUT2D eigenvalue weighted by Crippen LogP contribution is -2.45. The van der Waals surface area contributed by atoms with Gasteiger partial charge in [-0.3, -0.25) is 0 Å². The summed E-state index contributed by atoms with van der Waals surface area (Å²) in [5.74, 6) is 0.567. The van der Waals surface area contributed by atoms with Crippen LogP contribution in [-0.4, -0.2) is 55.0 Å². The van der Waals surface area contributed by atoms with E-state index in [0.29, 0.717) is 12.5 Å². The molecular formula is C13H26N2O3. The Labute approximate surface area is 109 Å². The van der Waals surface area contributed by atoms with Crippen molar-refractivity contribution in [3.8, 4) is 0 Å². The van der Waals surface area contributed by atoms with E-state index in [1.165, 1.54) is 0 Å². The van der Waals surface area contributed by atoms with Crippen molar-refractivity contribution in [2.75, 3.05) is 33.3 Å². The highest BCUT2D eigenvalue weighted by Crippen LogP contribution is 2.21. The van der Waals surface area contributed by atoms with E-state index in [0.717, 1.165) is 19.5 Å². The van der Waals surface area contributed by atoms with Crippen molar-refractivity contribution in [3.63, 3.8) is 0 Å². The zero-order chi connectivity index (χ0) is 13.8. The number of hydrogen-bond donors (Lipinski definition) is 2. The maximum atomic E-state index is 11.6. The molecule has 106 valence electrons. The summed E-state index contributed by atoms with van der Waals surface area (Å²) < 4.78 is 5.20. The molecular weight excluding hydrogens is 232 g/mol. The van der Waals surface area contributed by atoms with Gasteiger partial charge in [0.25, 0.3) is 0 Å². The van der Waals surface area contributed by atoms with E-state index >= 15 is 0 Å². The summed E-state index contributed by atoms with van der Waals surface area (Å²) in [7, 11) is 2.06. The highest BCUT2D eigenvalue weighted by molar-refractivity contribution is 5.67. The molecule has 18 heavy (non-hydrogen) atoms. The predicted octanol–water partition coefficient (Wildman–Crippen LogP) is 1.07. The molecule has 0 spiro atoms. The topological polar surface area (TPSA) is 61.8 Å². The maximum Gasteiger partial charge on any atom is 0.407 e. The van der Waals surface area contributed by atoms with Crippen molar-refractivity contribution in [3.05, 3.63) is 0 Å². The van der Waals surface area contributed by atoms with Crippen LogP contribution in [0, 0.1) is 11.8 Å². The first-order chi connectivity index (χ1) is 8.31. The van der Waals surface area contributed by atoms with Gasteiger partial charge in [0.15, 0.2) is 0 Å². The number of aliphatic hydroxyl groups excluding tert-OH is 1. The first kappa shape index (κ1) is 15.2. The Bertz CT molecular complexity index is 276. The summed E-state index contributed by atoms with van der Waals surface area (Å²) in [6.45, 7) is 8.18. The average molecular weight is 258 g/mol. The van der Waals surface area contributed by atoms with E-state index in [4.69, 9.17) is 4.74 Å². The largest absolute Gasteiger partial charge is 0.444 e. The highest BCUT2D eigenvalue weighted by atomic mass is 16.6. The summed E-state index contributed by atoms with van der Waals surface area (Å²) in [5, 5.41) is 12.2. The third kappa shape index (κ3) is 5.23. The molecule has 1 rings (SSSR count). The van der Waals surface area contributed by atoms with Gasteiger partial charge in [-0.05, 0) is 52.6 Å². The van der Waals surface area contributed by atoms with Gasteiger partial charge in [0.2, 0.25) is 0 Å². The van der Waals surface area contributed by atoms with Crippen molar-refractivity contribution in [1.82, 2.24) is 10.2 Å². The van der Waals surface area contributed by atoms with E-state index in [2.05, 4.69) is 17.3 Å². The van der Waals surface area contributed by atoms with E-state index < -0.39 is 5.60 Å². The monoisotopic (exact) mass is 258 g/mol. The van der Waals surface area contributed by atoms with Crippen molar-refractivity contribution in [2.45, 2.75) is 32.8 Å². The third-order valence-corrected chi connectivity index (χ3v) is 3.24. The number of carbonyl (C=O) groups is 1. The van der Waals surface area contributed by atoms with Crippen LogP contribution >= 0.6 is 0 Å². The quantitative estimate of drug-likeness (QED) is 0.795. The van der Waals surface area contributed by atoms with Crippen molar-refractivity contribution < 1.29 is 14.6 Å². The number of likely N-dealkylation sites (tertiary alicyclic amines) is 1. The van der Waals surface area contributed by atoms with Crippen LogP contribution in [0.1, 0.15) is 27.2 Å². The normalized spacial score (nSPS) is 25.8. The minimum absolute atomic E-state index is 0.172. The molecule has 0 aromatic rings. The number of nitrogens with zero attached hydrogens (tertiary/aromatic N) is 1. The number of aliphatic hydroxyl groups is 1. The first-order valence-electron chi connectivity index (χ1n) is 6.58. The fourth-order valence-corrected chi connectivity index (χ4v) is 2.27. The lowest BCUT2D eigenvalue weighted by Gasteiger charge is -2.36. The fourth-order valence-electron chi connectivity index (χ4n) is 2.27. The molecule has 2 atom stereocenters. The molecule has 0 aromatic heterocycles. The molecule has 5 heteroatoms. The van der Waals surface area contributed by atoms with Crippen molar-refractivity contribution in [1.29, 1.82) is 0 Å². The van der Waals surface area contributed by atoms with Crippen LogP contribution in [0.5, 0.6) is 0 Å². The Morgan fingerprint density at radius 1 is 1.44 bits per heavy atom. The van der Waals surface area contributed by atoms with E-state index in [9.17, 15) is 9.90 Å². The van der Waals surface area contributed by atoms with Crippen LogP contribution in [-0.2, 0) is 4.74 Å². The zero-order valence-corrected chi connectivity index (χ0v) is 11.9. The number of piperidine rings is 1. The van der Waals surface area contributed by atoms with Gasteiger partial charge in [-0.25, -0.2) is 4.79 Å². The van der Waals surface area contributed by atoms with Crippen LogP contribution < -0.4 is 5.32 Å². The Balaban J connectivity index is 2.35. The molecule has 1 amide bonds. The van der Waals surface area contributed by atoms with Crippen LogP contribution in [0.4, 0.5) is 4.79 Å². The van der Waals surface area contributed by atoms with Gasteiger partial charge in [-0.1, -0.05) is 0 Å². The van der Waals surface area contributed by atoms with Crippen LogP contribution in [0.2, 0.25) is 0 Å². The molecule has 1 aliphatic heterocycles. The van der Waals surface area contributed by atoms with Gasteiger partial charge in [0.1, 0.15) is 5.60 Å². The minimum Gasteiger partial charge on any atom is -0.444 e. The Morgan fingerprint density at radius 2 is 2.11 bits per heavy atom. The second-order valence-electron chi connectivity index (χ2n) is 6.14. The molecule has 0 unspecified atom stereocenters. The molecule has 1 aliphatic rings. The molecule has 1 saturated heterocycles. The van der Waals surface area contributed by atoms with E-state index in [1.807, 2.05) is 20.8 Å². The third-order valence-electron chi connectivity index (χ3n) is 3.24. The molecule has 2 N–H and O–H groups in total. The van der Waals surface area contributed by atoms with Crippen molar-refractivity contribution in [2.24, 2.45) is 11.8 Å². The van der Waals surface area contributed by atoms with Gasteiger partial charge < -0.3 is 20.1 Å². The molecule has 0 bridgehead atoms. The fraction of sp³-hybridized carbons (Fsp3) is 0.923. The lowest BCUT2D eigenvalue weighted by molar-refractivity contribution is 0.0464. The molecule has 0 aliphatic carbocycles. The summed E-state index contributed by atoms with van der Waals surface area (Å²) in [5.41, 5.74) is -0.465. The minimum atomic E-state index is -0.465. The maximum absolute atomic E-state index is 11.6.